The molecule has 120 valence electrons. The zero-order chi connectivity index (χ0) is 17.1. The number of carbonyl (C=O) groups excluding carboxylic acids is 4. The average Bonchev–Trinajstić information content (AvgIpc) is 2.85. The van der Waals surface area contributed by atoms with Crippen molar-refractivity contribution < 1.29 is 33.4 Å². The van der Waals surface area contributed by atoms with Crippen LogP contribution in [0.5, 0.6) is 5.75 Å². The second-order valence-corrected chi connectivity index (χ2v) is 4.38. The number of rotatable bonds is 4. The Morgan fingerprint density at radius 2 is 1.65 bits per heavy atom. The van der Waals surface area contributed by atoms with Crippen molar-refractivity contribution in [1.29, 1.82) is 0 Å². The molecule has 1 aromatic rings. The molecule has 8 nitrogen and oxygen atoms in total. The molecule has 0 unspecified atom stereocenters. The van der Waals surface area contributed by atoms with E-state index in [-0.39, 0.29) is 5.69 Å². The Balaban J connectivity index is 2.67. The summed E-state index contributed by atoms with van der Waals surface area (Å²) >= 11 is 0. The number of carbonyl (C=O) groups is 4. The highest BCUT2D eigenvalue weighted by molar-refractivity contribution is 6.57. The third-order valence-corrected chi connectivity index (χ3v) is 3.16. The number of ketones is 1. The third-order valence-electron chi connectivity index (χ3n) is 3.16. The van der Waals surface area contributed by atoms with Gasteiger partial charge in [0.2, 0.25) is 0 Å². The van der Waals surface area contributed by atoms with Crippen LogP contribution in [0.15, 0.2) is 35.5 Å². The molecular weight excluding hydrogens is 306 g/mol. The molecule has 1 aliphatic rings. The summed E-state index contributed by atoms with van der Waals surface area (Å²) in [5, 5.41) is 0. The van der Waals surface area contributed by atoms with Gasteiger partial charge in [0.25, 0.3) is 5.78 Å². The Morgan fingerprint density at radius 1 is 1.00 bits per heavy atom. The van der Waals surface area contributed by atoms with Crippen LogP contribution in [0.25, 0.3) is 0 Å². The van der Waals surface area contributed by atoms with Crippen LogP contribution in [-0.2, 0) is 28.7 Å². The first-order valence-corrected chi connectivity index (χ1v) is 6.40. The van der Waals surface area contributed by atoms with E-state index >= 15 is 0 Å². The first-order chi connectivity index (χ1) is 11.0. The molecule has 23 heavy (non-hydrogen) atoms. The quantitative estimate of drug-likeness (QED) is 0.444. The minimum Gasteiger partial charge on any atom is -0.497 e. The first kappa shape index (κ1) is 16.2. The van der Waals surface area contributed by atoms with Crippen LogP contribution in [0.4, 0.5) is 5.69 Å². The maximum Gasteiger partial charge on any atom is 0.356 e. The zero-order valence-electron chi connectivity index (χ0n) is 12.6. The van der Waals surface area contributed by atoms with Crippen molar-refractivity contribution in [1.82, 2.24) is 0 Å². The lowest BCUT2D eigenvalue weighted by atomic mass is 10.1. The van der Waals surface area contributed by atoms with Crippen molar-refractivity contribution in [2.45, 2.75) is 0 Å². The van der Waals surface area contributed by atoms with E-state index in [0.717, 1.165) is 19.1 Å². The average molecular weight is 319 g/mol. The number of nitrogens with zero attached hydrogens (tertiary/aromatic N) is 1. The SMILES string of the molecule is COC(=O)C1=C(C(=O)OC)N(c2cccc(OC)c2)C(=O)C1=O. The van der Waals surface area contributed by atoms with Gasteiger partial charge in [-0.3, -0.25) is 14.5 Å². The van der Waals surface area contributed by atoms with Crippen molar-refractivity contribution in [3.63, 3.8) is 0 Å². The number of Topliss-reactive ketones (excluding diaryl/α,β-unsaturated/α-hetero) is 1. The van der Waals surface area contributed by atoms with Crippen molar-refractivity contribution in [2.75, 3.05) is 26.2 Å². The molecule has 1 aliphatic heterocycles. The molecule has 8 heteroatoms. The number of ether oxygens (including phenoxy) is 3. The lowest BCUT2D eigenvalue weighted by Crippen LogP contribution is -2.31. The van der Waals surface area contributed by atoms with Gasteiger partial charge < -0.3 is 14.2 Å². The van der Waals surface area contributed by atoms with Gasteiger partial charge >= 0.3 is 17.8 Å². The van der Waals surface area contributed by atoms with E-state index in [4.69, 9.17) is 4.74 Å². The normalized spacial score (nSPS) is 14.1. The zero-order valence-corrected chi connectivity index (χ0v) is 12.6. The van der Waals surface area contributed by atoms with Crippen molar-refractivity contribution in [3.05, 3.63) is 35.5 Å². The summed E-state index contributed by atoms with van der Waals surface area (Å²) in [6.45, 7) is 0. The number of hydrogen-bond acceptors (Lipinski definition) is 7. The second-order valence-electron chi connectivity index (χ2n) is 4.38. The number of hydrogen-bond donors (Lipinski definition) is 0. The van der Waals surface area contributed by atoms with E-state index in [1.807, 2.05) is 0 Å². The lowest BCUT2D eigenvalue weighted by molar-refractivity contribution is -0.141. The summed E-state index contributed by atoms with van der Waals surface area (Å²) in [7, 11) is 3.53. The number of amides is 1. The van der Waals surface area contributed by atoms with E-state index in [1.165, 1.54) is 19.2 Å². The van der Waals surface area contributed by atoms with Crippen LogP contribution >= 0.6 is 0 Å². The van der Waals surface area contributed by atoms with Gasteiger partial charge in [-0.2, -0.15) is 0 Å². The van der Waals surface area contributed by atoms with Crippen LogP contribution in [-0.4, -0.2) is 45.0 Å². The minimum atomic E-state index is -1.14. The van der Waals surface area contributed by atoms with Gasteiger partial charge in [-0.15, -0.1) is 0 Å². The molecule has 1 amide bonds. The summed E-state index contributed by atoms with van der Waals surface area (Å²) in [5.74, 6) is -3.89. The maximum absolute atomic E-state index is 12.2. The standard InChI is InChI=1S/C15H13NO7/c1-21-9-6-4-5-8(7-9)16-11(15(20)23-3)10(14(19)22-2)12(17)13(16)18/h4-7H,1-3H3. The van der Waals surface area contributed by atoms with Gasteiger partial charge in [-0.1, -0.05) is 6.07 Å². The highest BCUT2D eigenvalue weighted by Crippen LogP contribution is 2.31. The third kappa shape index (κ3) is 2.66. The second kappa shape index (κ2) is 6.30. The number of esters is 2. The molecule has 0 spiro atoms. The Kier molecular flexibility index (Phi) is 4.44. The topological polar surface area (TPSA) is 99.2 Å². The van der Waals surface area contributed by atoms with E-state index in [9.17, 15) is 19.2 Å². The molecule has 1 aromatic carbocycles. The number of benzene rings is 1. The van der Waals surface area contributed by atoms with Gasteiger partial charge in [0.05, 0.1) is 27.0 Å². The van der Waals surface area contributed by atoms with Crippen LogP contribution in [0.3, 0.4) is 0 Å². The number of methoxy groups -OCH3 is 3. The summed E-state index contributed by atoms with van der Waals surface area (Å²) in [4.78, 5) is 48.9. The number of anilines is 1. The van der Waals surface area contributed by atoms with Gasteiger partial charge in [0.15, 0.2) is 5.70 Å². The highest BCUT2D eigenvalue weighted by atomic mass is 16.5. The first-order valence-electron chi connectivity index (χ1n) is 6.40. The molecule has 0 atom stereocenters. The van der Waals surface area contributed by atoms with Gasteiger partial charge in [0, 0.05) is 6.07 Å². The van der Waals surface area contributed by atoms with E-state index in [2.05, 4.69) is 9.47 Å². The molecular formula is C15H13NO7. The molecule has 0 aliphatic carbocycles. The van der Waals surface area contributed by atoms with Gasteiger partial charge in [0.1, 0.15) is 11.3 Å². The minimum absolute atomic E-state index is 0.182. The molecule has 1 heterocycles. The molecule has 0 saturated carbocycles. The Labute approximate surface area is 131 Å². The summed E-state index contributed by atoms with van der Waals surface area (Å²) in [6.07, 6.45) is 0. The van der Waals surface area contributed by atoms with E-state index in [1.54, 1.807) is 12.1 Å². The van der Waals surface area contributed by atoms with Crippen LogP contribution in [0, 0.1) is 0 Å². The van der Waals surface area contributed by atoms with Crippen LogP contribution in [0.1, 0.15) is 0 Å². The summed E-state index contributed by atoms with van der Waals surface area (Å²) in [5.41, 5.74) is -0.961. The monoisotopic (exact) mass is 319 g/mol. The molecule has 0 bridgehead atoms. The molecule has 0 radical (unpaired) electrons. The van der Waals surface area contributed by atoms with Crippen LogP contribution < -0.4 is 9.64 Å². The molecule has 2 rings (SSSR count). The summed E-state index contributed by atoms with van der Waals surface area (Å²) in [6, 6.07) is 6.11. The largest absolute Gasteiger partial charge is 0.497 e. The predicted molar refractivity (Wildman–Crippen MR) is 76.5 cm³/mol. The molecule has 0 N–H and O–H groups in total. The van der Waals surface area contributed by atoms with Crippen molar-refractivity contribution >= 4 is 29.3 Å². The Morgan fingerprint density at radius 3 is 2.22 bits per heavy atom. The summed E-state index contributed by atoms with van der Waals surface area (Å²) < 4.78 is 14.1. The molecule has 0 fully saturated rings. The lowest BCUT2D eigenvalue weighted by Gasteiger charge is -2.18. The smallest absolute Gasteiger partial charge is 0.356 e. The Hall–Kier alpha value is -3.16. The van der Waals surface area contributed by atoms with Crippen LogP contribution in [0.2, 0.25) is 0 Å². The fraction of sp³-hybridized carbons (Fsp3) is 0.200. The van der Waals surface area contributed by atoms with E-state index in [0.29, 0.717) is 5.75 Å². The Bertz CT molecular complexity index is 735. The molecule has 0 aromatic heterocycles. The molecule has 0 saturated heterocycles. The van der Waals surface area contributed by atoms with Gasteiger partial charge in [-0.25, -0.2) is 9.59 Å². The maximum atomic E-state index is 12.2. The van der Waals surface area contributed by atoms with Gasteiger partial charge in [-0.05, 0) is 12.1 Å². The highest BCUT2D eigenvalue weighted by Gasteiger charge is 2.46. The fourth-order valence-electron chi connectivity index (χ4n) is 2.11. The fourth-order valence-corrected chi connectivity index (χ4v) is 2.11. The van der Waals surface area contributed by atoms with Crippen molar-refractivity contribution in [2.24, 2.45) is 0 Å². The predicted octanol–water partition coefficient (Wildman–Crippen LogP) is 0.211. The van der Waals surface area contributed by atoms with Crippen molar-refractivity contribution in [3.8, 4) is 5.75 Å². The van der Waals surface area contributed by atoms with E-state index < -0.39 is 34.9 Å².